The van der Waals surface area contributed by atoms with E-state index in [1.54, 1.807) is 0 Å². The van der Waals surface area contributed by atoms with E-state index in [9.17, 15) is 4.79 Å². The zero-order valence-corrected chi connectivity index (χ0v) is 17.5. The molecule has 1 N–H and O–H groups in total. The van der Waals surface area contributed by atoms with Crippen LogP contribution in [0.2, 0.25) is 19.6 Å². The number of carbonyl (C=O) groups excluding carboxylic acids is 1. The molecule has 3 atom stereocenters. The van der Waals surface area contributed by atoms with Gasteiger partial charge in [-0.1, -0.05) is 20.8 Å². The molecule has 0 aromatic heterocycles. The third-order valence-corrected chi connectivity index (χ3v) is 5.97. The topological polar surface area (TPSA) is 47.6 Å². The summed E-state index contributed by atoms with van der Waals surface area (Å²) in [4.78, 5) is 12.2. The second-order valence-corrected chi connectivity index (χ2v) is 13.2. The zero-order chi connectivity index (χ0) is 15.9. The van der Waals surface area contributed by atoms with Crippen molar-refractivity contribution in [3.8, 4) is 0 Å². The molecule has 0 bridgehead atoms. The molecule has 0 spiro atoms. The lowest BCUT2D eigenvalue weighted by molar-refractivity contribution is -0.165. The van der Waals surface area contributed by atoms with E-state index in [1.807, 2.05) is 0 Å². The Balaban J connectivity index is 3.04. The van der Waals surface area contributed by atoms with Crippen LogP contribution in [-0.4, -0.2) is 36.5 Å². The number of hydrogen-bond donors (Lipinski definition) is 1. The lowest BCUT2D eigenvalue weighted by Gasteiger charge is -2.53. The number of β-lactam (4-membered cyclic amide) rings is 1. The van der Waals surface area contributed by atoms with Gasteiger partial charge in [0, 0.05) is 5.92 Å². The number of carbonyl (C=O) groups is 1. The Hall–Kier alpha value is -0.176. The predicted octanol–water partition coefficient (Wildman–Crippen LogP) is 1.65. The summed E-state index contributed by atoms with van der Waals surface area (Å²) < 4.78 is 12.0. The van der Waals surface area contributed by atoms with Crippen LogP contribution < -0.4 is 5.32 Å². The summed E-state index contributed by atoms with van der Waals surface area (Å²) in [5.41, 5.74) is -0.328. The lowest BCUT2D eigenvalue weighted by atomic mass is 9.63. The Bertz CT molecular complexity index is 372. The molecular formula is C14H31NO3Si2. The molecule has 20 heavy (non-hydrogen) atoms. The molecule has 1 saturated heterocycles. The summed E-state index contributed by atoms with van der Waals surface area (Å²) in [6.45, 7) is 17.2. The second-order valence-electron chi connectivity index (χ2n) is 8.34. The molecule has 0 radical (unpaired) electrons. The molecule has 6 heteroatoms. The molecule has 4 nitrogen and oxygen atoms in total. The SMILES string of the molecule is CC(C)(C)[C@@H]([C@H]1C(=O)N[C@@H]1O[Si](C)(C)C)C(C)(C)O[SiH3]. The van der Waals surface area contributed by atoms with Gasteiger partial charge in [0.25, 0.3) is 0 Å². The van der Waals surface area contributed by atoms with Crippen LogP contribution in [0.15, 0.2) is 0 Å². The third kappa shape index (κ3) is 3.93. The van der Waals surface area contributed by atoms with Gasteiger partial charge in [-0.2, -0.15) is 0 Å². The molecule has 0 aromatic rings. The van der Waals surface area contributed by atoms with Crippen LogP contribution in [0.1, 0.15) is 34.6 Å². The first-order valence-corrected chi connectivity index (χ1v) is 11.6. The Morgan fingerprint density at radius 2 is 1.70 bits per heavy atom. The van der Waals surface area contributed by atoms with E-state index in [4.69, 9.17) is 8.85 Å². The van der Waals surface area contributed by atoms with Gasteiger partial charge in [-0.25, -0.2) is 0 Å². The number of rotatable bonds is 5. The Kier molecular flexibility index (Phi) is 4.96. The van der Waals surface area contributed by atoms with Crippen molar-refractivity contribution in [3.05, 3.63) is 0 Å². The van der Waals surface area contributed by atoms with Gasteiger partial charge >= 0.3 is 0 Å². The van der Waals surface area contributed by atoms with E-state index >= 15 is 0 Å². The molecule has 1 rings (SSSR count). The van der Waals surface area contributed by atoms with Gasteiger partial charge in [0.05, 0.1) is 11.5 Å². The van der Waals surface area contributed by atoms with E-state index < -0.39 is 8.32 Å². The van der Waals surface area contributed by atoms with Crippen molar-refractivity contribution in [2.75, 3.05) is 0 Å². The maximum absolute atomic E-state index is 12.2. The largest absolute Gasteiger partial charge is 0.423 e. The summed E-state index contributed by atoms with van der Waals surface area (Å²) in [6.07, 6.45) is -0.158. The average Bonchev–Trinajstić information content (AvgIpc) is 2.21. The van der Waals surface area contributed by atoms with Crippen LogP contribution in [-0.2, 0) is 13.6 Å². The smallest absolute Gasteiger partial charge is 0.230 e. The van der Waals surface area contributed by atoms with E-state index in [0.717, 1.165) is 0 Å². The monoisotopic (exact) mass is 317 g/mol. The first-order valence-electron chi connectivity index (χ1n) is 7.33. The van der Waals surface area contributed by atoms with Crippen LogP contribution in [0.25, 0.3) is 0 Å². The summed E-state index contributed by atoms with van der Waals surface area (Å²) >= 11 is 0. The van der Waals surface area contributed by atoms with Gasteiger partial charge in [-0.15, -0.1) is 0 Å². The molecule has 0 saturated carbocycles. The highest BCUT2D eigenvalue weighted by atomic mass is 28.4. The fourth-order valence-electron chi connectivity index (χ4n) is 3.32. The highest BCUT2D eigenvalue weighted by molar-refractivity contribution is 6.69. The van der Waals surface area contributed by atoms with Crippen LogP contribution in [0.3, 0.4) is 0 Å². The highest BCUT2D eigenvalue weighted by Crippen LogP contribution is 2.45. The highest BCUT2D eigenvalue weighted by Gasteiger charge is 2.55. The molecule has 0 aromatic carbocycles. The summed E-state index contributed by atoms with van der Waals surface area (Å²) in [5.74, 6) is 0.105. The van der Waals surface area contributed by atoms with E-state index in [2.05, 4.69) is 59.6 Å². The fraction of sp³-hybridized carbons (Fsp3) is 0.929. The standard InChI is InChI=1S/C14H31NO3Si2/c1-13(2,3)10(14(4,5)18-19)9-11(16)15-12(9)17-20(6,7)8/h9-10,12H,1-8,19H3,(H,15,16)/t9-,10+,12+/m0/s1. The number of nitrogens with one attached hydrogen (secondary N) is 1. The van der Waals surface area contributed by atoms with Crippen LogP contribution in [0, 0.1) is 17.3 Å². The van der Waals surface area contributed by atoms with Crippen molar-refractivity contribution >= 4 is 24.7 Å². The molecule has 1 fully saturated rings. The van der Waals surface area contributed by atoms with Crippen molar-refractivity contribution in [2.45, 2.75) is 66.1 Å². The third-order valence-electron chi connectivity index (χ3n) is 3.96. The minimum absolute atomic E-state index is 0.0165. The van der Waals surface area contributed by atoms with Crippen molar-refractivity contribution in [1.82, 2.24) is 5.32 Å². The summed E-state index contributed by atoms with van der Waals surface area (Å²) in [5, 5.41) is 2.93. The zero-order valence-electron chi connectivity index (χ0n) is 14.5. The maximum Gasteiger partial charge on any atom is 0.230 e. The van der Waals surface area contributed by atoms with E-state index in [0.29, 0.717) is 10.5 Å². The molecule has 1 amide bonds. The van der Waals surface area contributed by atoms with E-state index in [-0.39, 0.29) is 35.0 Å². The summed E-state index contributed by atoms with van der Waals surface area (Å²) in [6, 6.07) is 0. The van der Waals surface area contributed by atoms with E-state index in [1.165, 1.54) is 0 Å². The number of amides is 1. The van der Waals surface area contributed by atoms with Gasteiger partial charge in [-0.05, 0) is 38.9 Å². The first kappa shape index (κ1) is 17.9. The Morgan fingerprint density at radius 1 is 1.20 bits per heavy atom. The molecular weight excluding hydrogens is 286 g/mol. The fourth-order valence-corrected chi connectivity index (χ4v) is 4.54. The quantitative estimate of drug-likeness (QED) is 0.619. The molecule has 1 heterocycles. The molecule has 1 aliphatic rings. The Morgan fingerprint density at radius 3 is 2.00 bits per heavy atom. The summed E-state index contributed by atoms with van der Waals surface area (Å²) in [7, 11) is -1.02. The van der Waals surface area contributed by atoms with Gasteiger partial charge in [0.1, 0.15) is 16.7 Å². The van der Waals surface area contributed by atoms with Gasteiger partial charge in [0.15, 0.2) is 8.32 Å². The van der Waals surface area contributed by atoms with Gasteiger partial charge in [-0.3, -0.25) is 4.79 Å². The molecule has 0 unspecified atom stereocenters. The molecule has 0 aliphatic carbocycles. The second kappa shape index (κ2) is 5.55. The number of hydrogen-bond acceptors (Lipinski definition) is 3. The van der Waals surface area contributed by atoms with Crippen LogP contribution >= 0.6 is 0 Å². The lowest BCUT2D eigenvalue weighted by Crippen LogP contribution is -2.68. The predicted molar refractivity (Wildman–Crippen MR) is 87.9 cm³/mol. The molecule has 1 aliphatic heterocycles. The van der Waals surface area contributed by atoms with Crippen molar-refractivity contribution in [3.63, 3.8) is 0 Å². The normalized spacial score (nSPS) is 26.1. The first-order chi connectivity index (χ1) is 8.79. The Labute approximate surface area is 127 Å². The van der Waals surface area contributed by atoms with Crippen molar-refractivity contribution < 1.29 is 13.6 Å². The molecule has 118 valence electrons. The van der Waals surface area contributed by atoms with Gasteiger partial charge in [0.2, 0.25) is 5.91 Å². The maximum atomic E-state index is 12.2. The minimum atomic E-state index is -1.68. The average molecular weight is 318 g/mol. The van der Waals surface area contributed by atoms with Crippen molar-refractivity contribution in [1.29, 1.82) is 0 Å². The van der Waals surface area contributed by atoms with Crippen LogP contribution in [0.4, 0.5) is 0 Å². The van der Waals surface area contributed by atoms with Crippen LogP contribution in [0.5, 0.6) is 0 Å². The minimum Gasteiger partial charge on any atom is -0.423 e. The van der Waals surface area contributed by atoms with Gasteiger partial charge < -0.3 is 14.2 Å². The van der Waals surface area contributed by atoms with Crippen molar-refractivity contribution in [2.24, 2.45) is 17.3 Å².